The molecule has 0 amide bonds. The highest BCUT2D eigenvalue weighted by atomic mass is 16.5. The number of benzene rings is 8. The molecule has 8 aromatic carbocycles. The Labute approximate surface area is 511 Å². The van der Waals surface area contributed by atoms with Gasteiger partial charge >= 0.3 is 13.7 Å². The number of hydrogen-bond acceptors (Lipinski definition) is 5. The van der Waals surface area contributed by atoms with Gasteiger partial charge < -0.3 is 18.4 Å². The second kappa shape index (κ2) is 26.4. The molecule has 0 saturated heterocycles. The zero-order valence-electron chi connectivity index (χ0n) is 49.9. The highest BCUT2D eigenvalue weighted by Crippen LogP contribution is 2.39. The smallest absolute Gasteiger partial charge is 0.328 e. The van der Waals surface area contributed by atoms with E-state index in [0.717, 1.165) is 115 Å². The molecule has 8 nitrogen and oxygen atoms in total. The van der Waals surface area contributed by atoms with Crippen molar-refractivity contribution in [1.29, 1.82) is 5.26 Å². The third-order valence-corrected chi connectivity index (χ3v) is 17.0. The number of pyridine rings is 2. The predicted molar refractivity (Wildman–Crippen MR) is 361 cm³/mol. The van der Waals surface area contributed by atoms with Gasteiger partial charge in [-0.3, -0.25) is 4.98 Å². The number of fused-ring (bicyclic) bond motifs is 3. The van der Waals surface area contributed by atoms with Crippen molar-refractivity contribution in [2.24, 2.45) is 11.8 Å². The summed E-state index contributed by atoms with van der Waals surface area (Å²) in [5.74, 6) is 2.12. The summed E-state index contributed by atoms with van der Waals surface area (Å²) in [6, 6.07) is 86.2. The molecule has 0 fully saturated rings. The predicted octanol–water partition coefficient (Wildman–Crippen LogP) is 14.0. The Kier molecular flexibility index (Phi) is 17.4. The summed E-state index contributed by atoms with van der Waals surface area (Å²) in [6.07, 6.45) is 5.30. The minimum absolute atomic E-state index is 0.309. The van der Waals surface area contributed by atoms with E-state index >= 15 is 0 Å². The van der Waals surface area contributed by atoms with Crippen LogP contribution >= 0.6 is 0 Å². The Morgan fingerprint density at radius 3 is 1.44 bits per heavy atom. The van der Waals surface area contributed by atoms with Crippen LogP contribution in [-0.2, 0) is 0 Å². The molecule has 0 saturated carbocycles. The number of rotatable bonds is 21. The van der Waals surface area contributed by atoms with Crippen molar-refractivity contribution in [3.63, 3.8) is 0 Å². The Morgan fingerprint density at radius 2 is 0.966 bits per heavy atom. The van der Waals surface area contributed by atoms with Crippen LogP contribution < -0.4 is 42.0 Å². The van der Waals surface area contributed by atoms with Crippen LogP contribution in [0.4, 0.5) is 0 Å². The third kappa shape index (κ3) is 11.7. The van der Waals surface area contributed by atoms with Gasteiger partial charge in [0.05, 0.1) is 47.6 Å². The zero-order chi connectivity index (χ0) is 59.6. The average Bonchev–Trinajstić information content (AvgIpc) is 1.53. The van der Waals surface area contributed by atoms with Crippen LogP contribution in [-0.4, -0.2) is 45.8 Å². The van der Waals surface area contributed by atoms with Crippen LogP contribution in [0.3, 0.4) is 0 Å². The molecular weight excluding hydrogens is 1060 g/mol. The zero-order valence-corrected chi connectivity index (χ0v) is 49.9. The second-order valence-corrected chi connectivity index (χ2v) is 22.7. The molecule has 0 aliphatic carbocycles. The van der Waals surface area contributed by atoms with E-state index in [2.05, 4.69) is 207 Å². The molecule has 0 aliphatic rings. The van der Waals surface area contributed by atoms with Crippen LogP contribution in [0.25, 0.3) is 71.2 Å². The first kappa shape index (κ1) is 57.3. The molecule has 2 atom stereocenters. The summed E-state index contributed by atoms with van der Waals surface area (Å²) >= 11 is 0. The molecule has 0 N–H and O–H groups in total. The highest BCUT2D eigenvalue weighted by Gasteiger charge is 2.37. The molecule has 424 valence electrons. The fourth-order valence-corrected chi connectivity index (χ4v) is 12.3. The summed E-state index contributed by atoms with van der Waals surface area (Å²) in [5.41, 5.74) is 10.5. The largest absolute Gasteiger partial charge is 0.493 e. The van der Waals surface area contributed by atoms with Gasteiger partial charge in [-0.25, -0.2) is 9.83 Å². The van der Waals surface area contributed by atoms with E-state index in [1.54, 1.807) is 0 Å². The van der Waals surface area contributed by atoms with Gasteiger partial charge in [0, 0.05) is 49.4 Å². The Balaban J connectivity index is 1.40. The van der Waals surface area contributed by atoms with Crippen LogP contribution in [0.5, 0.6) is 11.5 Å². The fraction of sp³-hybridized carbons (Fsp3) is 0.169. The van der Waals surface area contributed by atoms with E-state index in [1.165, 1.54) is 0 Å². The molecule has 87 heavy (non-hydrogen) atoms. The molecule has 2 unspecified atom stereocenters. The molecule has 4 heterocycles. The van der Waals surface area contributed by atoms with E-state index in [1.807, 2.05) is 78.9 Å². The molecule has 4 aromatic heterocycles. The van der Waals surface area contributed by atoms with E-state index in [9.17, 15) is 11.8 Å². The Bertz CT molecular complexity index is 4430. The van der Waals surface area contributed by atoms with E-state index in [0.29, 0.717) is 64.2 Å². The minimum Gasteiger partial charge on any atom is -0.493 e. The van der Waals surface area contributed by atoms with Crippen molar-refractivity contribution in [1.82, 2.24) is 18.9 Å². The second-order valence-electron chi connectivity index (χ2n) is 22.7. The van der Waals surface area contributed by atoms with Gasteiger partial charge in [-0.15, -0.1) is 0 Å². The quantitative estimate of drug-likeness (QED) is 0.0529. The lowest BCUT2D eigenvalue weighted by Crippen LogP contribution is -2.54. The van der Waals surface area contributed by atoms with E-state index < -0.39 is 13.7 Å². The van der Waals surface area contributed by atoms with Gasteiger partial charge in [-0.2, -0.15) is 5.26 Å². The summed E-state index contributed by atoms with van der Waals surface area (Å²) in [4.78, 5) is 15.6. The molecule has 0 bridgehead atoms. The Morgan fingerprint density at radius 1 is 0.517 bits per heavy atom. The first-order valence-electron chi connectivity index (χ1n) is 30.6. The maximum atomic E-state index is 12.5. The van der Waals surface area contributed by atoms with Gasteiger partial charge in [0.1, 0.15) is 23.1 Å². The third-order valence-electron chi connectivity index (χ3n) is 17.0. The number of para-hydroxylation sites is 2. The SMILES string of the molecule is [C-]#[N+]/C(c1ccc2ccccc2n1)=c1\c2c(-c3cccc(OCC(C)CC)c3)n(B(c3ccccc3)c3ccccc3)/c(=C(/C#N)c3ccc4ccccc4n3)c2c(-c2cccc(OCC(CC)CCCC)c2)n1B(c1ccccc1)c1ccccc1. The number of aromatic nitrogens is 4. The molecule has 0 aliphatic heterocycles. The van der Waals surface area contributed by atoms with Crippen molar-refractivity contribution >= 4 is 79.4 Å². The summed E-state index contributed by atoms with van der Waals surface area (Å²) in [7, 11) is 0. The van der Waals surface area contributed by atoms with Gasteiger partial charge in [0.25, 0.3) is 0 Å². The lowest BCUT2D eigenvalue weighted by atomic mass is 9.50. The van der Waals surface area contributed by atoms with Crippen LogP contribution in [0.2, 0.25) is 0 Å². The van der Waals surface area contributed by atoms with Gasteiger partial charge in [-0.1, -0.05) is 269 Å². The van der Waals surface area contributed by atoms with E-state index in [4.69, 9.17) is 24.3 Å². The monoisotopic (exact) mass is 1130 g/mol. The van der Waals surface area contributed by atoms with Crippen molar-refractivity contribution in [3.8, 4) is 40.1 Å². The molecule has 0 spiro atoms. The fourth-order valence-electron chi connectivity index (χ4n) is 12.3. The van der Waals surface area contributed by atoms with Crippen molar-refractivity contribution in [2.45, 2.75) is 59.8 Å². The topological polar surface area (TPSA) is 82.2 Å². The van der Waals surface area contributed by atoms with Crippen molar-refractivity contribution in [3.05, 3.63) is 276 Å². The average molecular weight is 1130 g/mol. The number of ether oxygens (including phenoxy) is 2. The maximum absolute atomic E-state index is 12.5. The van der Waals surface area contributed by atoms with Crippen molar-refractivity contribution < 1.29 is 9.47 Å². The van der Waals surface area contributed by atoms with Crippen LogP contribution in [0.15, 0.2) is 243 Å². The van der Waals surface area contributed by atoms with Gasteiger partial charge in [0.15, 0.2) is 0 Å². The normalized spacial score (nSPS) is 12.7. The lowest BCUT2D eigenvalue weighted by Gasteiger charge is -2.25. The number of unbranched alkanes of at least 4 members (excludes halogenated alkanes) is 1. The molecule has 12 aromatic rings. The standard InChI is InChI=1S/C77H68B2N6O2/c1-6-9-28-55(8-3)53-87-65-42-27-31-58(50-65)74-71-72(77(73(81-5)70-48-46-57-30-23-25-44-68(57)83-70)85(74)79(62-37-18-12-19-38-62)63-39-20-13-21-40-63)75(59-32-26-41-64(49-59)86-52-54(4)7-2)84(78(60-33-14-10-15-34-60)61-35-16-11-17-36-61)76(71)66(51-80)69-47-45-56-29-22-24-43-67(56)82-69/h10-27,29-50,54-55H,6-9,28,52-53H2,1-4H3/b76-66-,77-73+. The first-order chi connectivity index (χ1) is 42.9. The van der Waals surface area contributed by atoms with Crippen LogP contribution in [0, 0.1) is 29.7 Å². The molecule has 12 rings (SSSR count). The molecule has 0 radical (unpaired) electrons. The van der Waals surface area contributed by atoms with Crippen LogP contribution in [0.1, 0.15) is 71.2 Å². The lowest BCUT2D eigenvalue weighted by molar-refractivity contribution is 0.233. The Hall–Kier alpha value is -10.2. The number of hydrogen-bond donors (Lipinski definition) is 0. The number of nitrogens with zero attached hydrogens (tertiary/aromatic N) is 6. The highest BCUT2D eigenvalue weighted by molar-refractivity contribution is 6.85. The van der Waals surface area contributed by atoms with Gasteiger partial charge in [-0.05, 0) is 66.8 Å². The van der Waals surface area contributed by atoms with E-state index in [-0.39, 0.29) is 0 Å². The summed E-state index contributed by atoms with van der Waals surface area (Å²) in [5, 5.41) is 17.2. The molecule has 10 heteroatoms. The minimum atomic E-state index is -0.551. The number of nitriles is 1. The van der Waals surface area contributed by atoms with Gasteiger partial charge in [0.2, 0.25) is 5.70 Å². The maximum Gasteiger partial charge on any atom is 0.328 e. The molecular formula is C77H68B2N6O2. The summed E-state index contributed by atoms with van der Waals surface area (Å²) in [6.45, 7) is 18.6. The van der Waals surface area contributed by atoms with Crippen molar-refractivity contribution in [2.75, 3.05) is 13.2 Å². The first-order valence-corrected chi connectivity index (χ1v) is 30.6. The summed E-state index contributed by atoms with van der Waals surface area (Å²) < 4.78 is 18.5.